The molecule has 0 aliphatic rings. The number of hydrogen-bond donors (Lipinski definition) is 1. The molecule has 0 atom stereocenters. The van der Waals surface area contributed by atoms with E-state index in [2.05, 4.69) is 41.8 Å². The maximum atomic E-state index is 8.94. The highest BCUT2D eigenvalue weighted by Gasteiger charge is 2.07. The Bertz CT molecular complexity index is 619. The van der Waals surface area contributed by atoms with Crippen molar-refractivity contribution in [3.63, 3.8) is 0 Å². The maximum absolute atomic E-state index is 8.94. The van der Waals surface area contributed by atoms with E-state index in [1.807, 2.05) is 11.3 Å². The highest BCUT2D eigenvalue weighted by molar-refractivity contribution is 7.26. The topological polar surface area (TPSA) is 20.2 Å². The first-order valence-corrected chi connectivity index (χ1v) is 8.22. The van der Waals surface area contributed by atoms with Crippen LogP contribution in [-0.4, -0.2) is 11.7 Å². The van der Waals surface area contributed by atoms with Crippen LogP contribution in [0.25, 0.3) is 19.5 Å². The Labute approximate surface area is 118 Å². The summed E-state index contributed by atoms with van der Waals surface area (Å²) >= 11 is 5.39. The first kappa shape index (κ1) is 12.1. The van der Waals surface area contributed by atoms with Crippen LogP contribution in [0.4, 0.5) is 0 Å². The molecule has 0 saturated heterocycles. The van der Waals surface area contributed by atoms with Gasteiger partial charge in [0.25, 0.3) is 0 Å². The molecule has 4 heteroatoms. The predicted octanol–water partition coefficient (Wildman–Crippen LogP) is 4.74. The summed E-state index contributed by atoms with van der Waals surface area (Å²) in [6.07, 6.45) is 0.758. The quantitative estimate of drug-likeness (QED) is 0.736. The van der Waals surface area contributed by atoms with Gasteiger partial charge in [-0.1, -0.05) is 6.07 Å². The lowest BCUT2D eigenvalue weighted by Crippen LogP contribution is -1.84. The molecule has 3 aromatic rings. The summed E-state index contributed by atoms with van der Waals surface area (Å²) in [5.41, 5.74) is 0. The van der Waals surface area contributed by atoms with Crippen molar-refractivity contribution in [1.82, 2.24) is 0 Å². The third-order valence-corrected chi connectivity index (χ3v) is 6.12. The molecule has 0 amide bonds. The van der Waals surface area contributed by atoms with Crippen LogP contribution < -0.4 is 0 Å². The van der Waals surface area contributed by atoms with Gasteiger partial charge in [-0.25, -0.2) is 0 Å². The first-order valence-electron chi connectivity index (χ1n) is 5.70. The van der Waals surface area contributed by atoms with Gasteiger partial charge in [0.05, 0.1) is 0 Å². The van der Waals surface area contributed by atoms with Crippen molar-refractivity contribution in [2.75, 3.05) is 6.61 Å². The van der Waals surface area contributed by atoms with Crippen molar-refractivity contribution in [2.24, 2.45) is 0 Å². The van der Waals surface area contributed by atoms with Crippen molar-refractivity contribution < 1.29 is 5.11 Å². The van der Waals surface area contributed by atoms with Gasteiger partial charge in [0.1, 0.15) is 0 Å². The molecule has 0 fully saturated rings. The Hall–Kier alpha value is -0.940. The van der Waals surface area contributed by atoms with Gasteiger partial charge in [-0.2, -0.15) is 0 Å². The summed E-state index contributed by atoms with van der Waals surface area (Å²) in [4.78, 5) is 6.52. The van der Waals surface area contributed by atoms with Crippen LogP contribution in [0.15, 0.2) is 41.8 Å². The molecule has 3 rings (SSSR count). The molecule has 0 bridgehead atoms. The van der Waals surface area contributed by atoms with Crippen molar-refractivity contribution in [3.8, 4) is 19.5 Å². The van der Waals surface area contributed by atoms with Gasteiger partial charge in [0.2, 0.25) is 0 Å². The van der Waals surface area contributed by atoms with Crippen LogP contribution in [0, 0.1) is 0 Å². The monoisotopic (exact) mass is 292 g/mol. The molecule has 0 aliphatic carbocycles. The van der Waals surface area contributed by atoms with Gasteiger partial charge >= 0.3 is 0 Å². The molecule has 3 aromatic heterocycles. The lowest BCUT2D eigenvalue weighted by Gasteiger charge is -1.91. The fourth-order valence-electron chi connectivity index (χ4n) is 1.78. The van der Waals surface area contributed by atoms with E-state index in [0.29, 0.717) is 0 Å². The summed E-state index contributed by atoms with van der Waals surface area (Å²) in [5.74, 6) is 0. The molecular weight excluding hydrogens is 280 g/mol. The summed E-state index contributed by atoms with van der Waals surface area (Å²) in [5, 5.41) is 11.0. The van der Waals surface area contributed by atoms with E-state index in [4.69, 9.17) is 5.11 Å². The molecule has 0 aliphatic heterocycles. The van der Waals surface area contributed by atoms with Crippen molar-refractivity contribution in [1.29, 1.82) is 0 Å². The lowest BCUT2D eigenvalue weighted by atomic mass is 10.3. The van der Waals surface area contributed by atoms with E-state index in [0.717, 1.165) is 6.42 Å². The summed E-state index contributed by atoms with van der Waals surface area (Å²) in [7, 11) is 0. The van der Waals surface area contributed by atoms with E-state index >= 15 is 0 Å². The molecule has 0 unspecified atom stereocenters. The fraction of sp³-hybridized carbons (Fsp3) is 0.143. The highest BCUT2D eigenvalue weighted by Crippen LogP contribution is 2.38. The third kappa shape index (κ3) is 2.42. The second-order valence-electron chi connectivity index (χ2n) is 3.88. The Kier molecular flexibility index (Phi) is 3.61. The Morgan fingerprint density at radius 1 is 0.833 bits per heavy atom. The molecule has 0 spiro atoms. The zero-order chi connectivity index (χ0) is 12.4. The minimum absolute atomic E-state index is 0.227. The normalized spacial score (nSPS) is 10.9. The smallest absolute Gasteiger partial charge is 0.0479 e. The Morgan fingerprint density at radius 2 is 1.56 bits per heavy atom. The van der Waals surface area contributed by atoms with E-state index in [1.54, 1.807) is 22.7 Å². The minimum Gasteiger partial charge on any atom is -0.396 e. The molecule has 18 heavy (non-hydrogen) atoms. The minimum atomic E-state index is 0.227. The molecule has 0 radical (unpaired) electrons. The summed E-state index contributed by atoms with van der Waals surface area (Å²) < 4.78 is 0. The fourth-order valence-corrected chi connectivity index (χ4v) is 4.70. The van der Waals surface area contributed by atoms with Gasteiger partial charge in [0, 0.05) is 37.4 Å². The molecule has 0 saturated carbocycles. The zero-order valence-electron chi connectivity index (χ0n) is 9.63. The largest absolute Gasteiger partial charge is 0.396 e. The lowest BCUT2D eigenvalue weighted by molar-refractivity contribution is 0.300. The maximum Gasteiger partial charge on any atom is 0.0479 e. The van der Waals surface area contributed by atoms with Crippen LogP contribution in [0.5, 0.6) is 0 Å². The van der Waals surface area contributed by atoms with Crippen molar-refractivity contribution >= 4 is 34.0 Å². The van der Waals surface area contributed by atoms with Crippen LogP contribution >= 0.6 is 34.0 Å². The standard InChI is InChI=1S/C14H12OS3/c15-8-7-10-3-4-13(17-10)14-6-5-12(18-14)11-2-1-9-16-11/h1-6,9,15H,7-8H2. The summed E-state index contributed by atoms with van der Waals surface area (Å²) in [6, 6.07) is 12.9. The number of thiophene rings is 3. The molecular formula is C14H12OS3. The predicted molar refractivity (Wildman–Crippen MR) is 81.7 cm³/mol. The molecule has 92 valence electrons. The number of hydrogen-bond acceptors (Lipinski definition) is 4. The molecule has 1 nitrogen and oxygen atoms in total. The second-order valence-corrected chi connectivity index (χ2v) is 7.08. The van der Waals surface area contributed by atoms with Gasteiger partial charge in [-0.15, -0.1) is 34.0 Å². The van der Waals surface area contributed by atoms with Gasteiger partial charge in [0.15, 0.2) is 0 Å². The number of rotatable bonds is 4. The first-order chi connectivity index (χ1) is 8.86. The third-order valence-electron chi connectivity index (χ3n) is 2.63. The van der Waals surface area contributed by atoms with Gasteiger partial charge in [-0.3, -0.25) is 0 Å². The van der Waals surface area contributed by atoms with Crippen molar-refractivity contribution in [2.45, 2.75) is 6.42 Å². The van der Waals surface area contributed by atoms with Gasteiger partial charge in [-0.05, 0) is 35.7 Å². The van der Waals surface area contributed by atoms with E-state index in [9.17, 15) is 0 Å². The van der Waals surface area contributed by atoms with Crippen LogP contribution in [-0.2, 0) is 6.42 Å². The number of aliphatic hydroxyl groups is 1. The SMILES string of the molecule is OCCc1ccc(-c2ccc(-c3cccs3)s2)s1. The molecule has 3 heterocycles. The van der Waals surface area contributed by atoms with E-state index in [-0.39, 0.29) is 6.61 Å². The van der Waals surface area contributed by atoms with Gasteiger partial charge < -0.3 is 5.11 Å². The van der Waals surface area contributed by atoms with Crippen molar-refractivity contribution in [3.05, 3.63) is 46.7 Å². The van der Waals surface area contributed by atoms with E-state index in [1.165, 1.54) is 24.4 Å². The summed E-state index contributed by atoms with van der Waals surface area (Å²) in [6.45, 7) is 0.227. The van der Waals surface area contributed by atoms with E-state index < -0.39 is 0 Å². The Morgan fingerprint density at radius 3 is 2.28 bits per heavy atom. The van der Waals surface area contributed by atoms with Crippen LogP contribution in [0.3, 0.4) is 0 Å². The molecule has 1 N–H and O–H groups in total. The average molecular weight is 292 g/mol. The zero-order valence-corrected chi connectivity index (χ0v) is 12.1. The molecule has 0 aromatic carbocycles. The van der Waals surface area contributed by atoms with Crippen LogP contribution in [0.1, 0.15) is 4.88 Å². The van der Waals surface area contributed by atoms with Crippen LogP contribution in [0.2, 0.25) is 0 Å². The average Bonchev–Trinajstić information content (AvgIpc) is 3.10. The second kappa shape index (κ2) is 5.36. The highest BCUT2D eigenvalue weighted by atomic mass is 32.1. The number of aliphatic hydroxyl groups excluding tert-OH is 1. The Balaban J connectivity index is 1.88.